The number of aromatic nitrogens is 2. The van der Waals surface area contributed by atoms with Crippen molar-refractivity contribution in [3.63, 3.8) is 0 Å². The third-order valence-corrected chi connectivity index (χ3v) is 5.06. The Labute approximate surface area is 149 Å². The Bertz CT molecular complexity index is 698. The minimum absolute atomic E-state index is 0.146. The molecule has 1 aromatic carbocycles. The summed E-state index contributed by atoms with van der Waals surface area (Å²) >= 11 is 2.16. The standard InChI is InChI=1S/C17H19IN4O/c1-12-6-8-22(9-7-12)16-10-15(19-11-20-16)21-17(23)13-4-2-3-5-14(13)18/h2-5,10-12H,6-9H2,1H3,(H,19,20,21,23). The van der Waals surface area contributed by atoms with E-state index in [9.17, 15) is 4.79 Å². The SMILES string of the molecule is CC1CCN(c2cc(NC(=O)c3ccccc3I)ncn2)CC1. The van der Waals surface area contributed by atoms with E-state index in [1.165, 1.54) is 19.2 Å². The zero-order chi connectivity index (χ0) is 16.2. The summed E-state index contributed by atoms with van der Waals surface area (Å²) in [5.41, 5.74) is 0.653. The van der Waals surface area contributed by atoms with Gasteiger partial charge in [-0.3, -0.25) is 4.79 Å². The van der Waals surface area contributed by atoms with Crippen LogP contribution in [0.4, 0.5) is 11.6 Å². The van der Waals surface area contributed by atoms with Gasteiger partial charge in [-0.2, -0.15) is 0 Å². The first-order chi connectivity index (χ1) is 11.1. The molecule has 6 heteroatoms. The van der Waals surface area contributed by atoms with E-state index >= 15 is 0 Å². The summed E-state index contributed by atoms with van der Waals surface area (Å²) in [6, 6.07) is 9.35. The fraction of sp³-hybridized carbons (Fsp3) is 0.353. The maximum Gasteiger partial charge on any atom is 0.257 e. The predicted octanol–water partition coefficient (Wildman–Crippen LogP) is 3.57. The Kier molecular flexibility index (Phi) is 5.09. The van der Waals surface area contributed by atoms with Gasteiger partial charge < -0.3 is 10.2 Å². The van der Waals surface area contributed by atoms with Gasteiger partial charge in [-0.25, -0.2) is 9.97 Å². The normalized spacial score (nSPS) is 15.5. The summed E-state index contributed by atoms with van der Waals surface area (Å²) in [6.45, 7) is 4.29. The monoisotopic (exact) mass is 422 g/mol. The number of amides is 1. The zero-order valence-electron chi connectivity index (χ0n) is 13.0. The van der Waals surface area contributed by atoms with Gasteiger partial charge in [0.25, 0.3) is 5.91 Å². The molecule has 1 fully saturated rings. The minimum Gasteiger partial charge on any atom is -0.356 e. The fourth-order valence-corrected chi connectivity index (χ4v) is 3.29. The number of anilines is 2. The number of carbonyl (C=O) groups excluding carboxylic acids is 1. The van der Waals surface area contributed by atoms with Crippen LogP contribution in [-0.4, -0.2) is 29.0 Å². The van der Waals surface area contributed by atoms with E-state index in [0.29, 0.717) is 11.4 Å². The molecule has 2 aromatic rings. The highest BCUT2D eigenvalue weighted by Crippen LogP contribution is 2.22. The highest BCUT2D eigenvalue weighted by molar-refractivity contribution is 14.1. The molecule has 1 N–H and O–H groups in total. The average Bonchev–Trinajstić information content (AvgIpc) is 2.56. The molecule has 1 aliphatic heterocycles. The molecule has 0 unspecified atom stereocenters. The van der Waals surface area contributed by atoms with Crippen molar-refractivity contribution in [2.75, 3.05) is 23.3 Å². The Morgan fingerprint density at radius 2 is 2.00 bits per heavy atom. The number of nitrogens with one attached hydrogen (secondary N) is 1. The van der Waals surface area contributed by atoms with Gasteiger partial charge in [-0.1, -0.05) is 19.1 Å². The van der Waals surface area contributed by atoms with Gasteiger partial charge in [0.1, 0.15) is 18.0 Å². The third-order valence-electron chi connectivity index (χ3n) is 4.12. The van der Waals surface area contributed by atoms with Crippen molar-refractivity contribution in [2.45, 2.75) is 19.8 Å². The number of hydrogen-bond acceptors (Lipinski definition) is 4. The van der Waals surface area contributed by atoms with Crippen molar-refractivity contribution >= 4 is 40.1 Å². The Morgan fingerprint density at radius 1 is 1.26 bits per heavy atom. The predicted molar refractivity (Wildman–Crippen MR) is 99.8 cm³/mol. The Morgan fingerprint density at radius 3 is 2.74 bits per heavy atom. The summed E-state index contributed by atoms with van der Waals surface area (Å²) in [4.78, 5) is 23.1. The van der Waals surface area contributed by atoms with Crippen molar-refractivity contribution in [3.05, 3.63) is 45.8 Å². The number of rotatable bonds is 3. The van der Waals surface area contributed by atoms with Gasteiger partial charge in [0, 0.05) is 22.7 Å². The lowest BCUT2D eigenvalue weighted by Crippen LogP contribution is -2.33. The fourth-order valence-electron chi connectivity index (χ4n) is 2.66. The van der Waals surface area contributed by atoms with Gasteiger partial charge in [0.15, 0.2) is 0 Å². The van der Waals surface area contributed by atoms with Gasteiger partial charge >= 0.3 is 0 Å². The molecule has 5 nitrogen and oxygen atoms in total. The second-order valence-electron chi connectivity index (χ2n) is 5.86. The topological polar surface area (TPSA) is 58.1 Å². The van der Waals surface area contributed by atoms with Crippen LogP contribution in [0, 0.1) is 9.49 Å². The lowest BCUT2D eigenvalue weighted by atomic mass is 9.99. The summed E-state index contributed by atoms with van der Waals surface area (Å²) in [5, 5.41) is 2.87. The molecule has 3 rings (SSSR count). The van der Waals surface area contributed by atoms with Crippen LogP contribution >= 0.6 is 22.6 Å². The van der Waals surface area contributed by atoms with Crippen LogP contribution in [0.1, 0.15) is 30.1 Å². The lowest BCUT2D eigenvalue weighted by molar-refractivity contribution is 0.102. The molecule has 0 bridgehead atoms. The first kappa shape index (κ1) is 16.2. The highest BCUT2D eigenvalue weighted by Gasteiger charge is 2.18. The second kappa shape index (κ2) is 7.25. The van der Waals surface area contributed by atoms with Crippen molar-refractivity contribution < 1.29 is 4.79 Å². The lowest BCUT2D eigenvalue weighted by Gasteiger charge is -2.31. The van der Waals surface area contributed by atoms with Gasteiger partial charge in [-0.05, 0) is 53.5 Å². The number of hydrogen-bond donors (Lipinski definition) is 1. The second-order valence-corrected chi connectivity index (χ2v) is 7.03. The van der Waals surface area contributed by atoms with Crippen molar-refractivity contribution in [1.82, 2.24) is 9.97 Å². The summed E-state index contributed by atoms with van der Waals surface area (Å²) < 4.78 is 0.918. The largest absolute Gasteiger partial charge is 0.356 e. The van der Waals surface area contributed by atoms with Crippen LogP contribution in [-0.2, 0) is 0 Å². The molecule has 1 amide bonds. The molecule has 1 aromatic heterocycles. The molecular formula is C17H19IN4O. The number of benzene rings is 1. The molecule has 0 radical (unpaired) electrons. The molecule has 0 aliphatic carbocycles. The molecular weight excluding hydrogens is 403 g/mol. The molecule has 120 valence electrons. The smallest absolute Gasteiger partial charge is 0.257 e. The van der Waals surface area contributed by atoms with E-state index in [0.717, 1.165) is 28.4 Å². The van der Waals surface area contributed by atoms with Crippen LogP contribution in [0.15, 0.2) is 36.7 Å². The summed E-state index contributed by atoms with van der Waals surface area (Å²) in [7, 11) is 0. The molecule has 23 heavy (non-hydrogen) atoms. The van der Waals surface area contributed by atoms with E-state index in [2.05, 4.69) is 49.7 Å². The van der Waals surface area contributed by atoms with Crippen molar-refractivity contribution in [1.29, 1.82) is 0 Å². The maximum absolute atomic E-state index is 12.4. The van der Waals surface area contributed by atoms with E-state index in [4.69, 9.17) is 0 Å². The number of halogens is 1. The van der Waals surface area contributed by atoms with Crippen LogP contribution in [0.5, 0.6) is 0 Å². The Balaban J connectivity index is 1.73. The molecule has 1 saturated heterocycles. The number of piperidine rings is 1. The summed E-state index contributed by atoms with van der Waals surface area (Å²) in [6.07, 6.45) is 3.86. The average molecular weight is 422 g/mol. The molecule has 1 aliphatic rings. The Hall–Kier alpha value is -1.70. The third kappa shape index (κ3) is 3.99. The van der Waals surface area contributed by atoms with E-state index in [-0.39, 0.29) is 5.91 Å². The highest BCUT2D eigenvalue weighted by atomic mass is 127. The van der Waals surface area contributed by atoms with Crippen LogP contribution < -0.4 is 10.2 Å². The van der Waals surface area contributed by atoms with E-state index < -0.39 is 0 Å². The first-order valence-corrected chi connectivity index (χ1v) is 8.84. The van der Waals surface area contributed by atoms with Crippen LogP contribution in [0.2, 0.25) is 0 Å². The quantitative estimate of drug-likeness (QED) is 0.769. The van der Waals surface area contributed by atoms with E-state index in [1.807, 2.05) is 30.3 Å². The maximum atomic E-state index is 12.4. The van der Waals surface area contributed by atoms with E-state index in [1.54, 1.807) is 0 Å². The molecule has 0 saturated carbocycles. The molecule has 0 spiro atoms. The zero-order valence-corrected chi connectivity index (χ0v) is 15.2. The summed E-state index contributed by atoms with van der Waals surface area (Å²) in [5.74, 6) is 2.04. The minimum atomic E-state index is -0.146. The number of carbonyl (C=O) groups is 1. The number of nitrogens with zero attached hydrogens (tertiary/aromatic N) is 3. The van der Waals surface area contributed by atoms with Crippen LogP contribution in [0.25, 0.3) is 0 Å². The van der Waals surface area contributed by atoms with Gasteiger partial charge in [0.2, 0.25) is 0 Å². The van der Waals surface area contributed by atoms with Gasteiger partial charge in [-0.15, -0.1) is 0 Å². The van der Waals surface area contributed by atoms with Crippen LogP contribution in [0.3, 0.4) is 0 Å². The molecule has 0 atom stereocenters. The molecule has 2 heterocycles. The van der Waals surface area contributed by atoms with Gasteiger partial charge in [0.05, 0.1) is 5.56 Å². The van der Waals surface area contributed by atoms with Crippen molar-refractivity contribution in [3.8, 4) is 0 Å². The van der Waals surface area contributed by atoms with Crippen molar-refractivity contribution in [2.24, 2.45) is 5.92 Å². The first-order valence-electron chi connectivity index (χ1n) is 7.76.